The predicted molar refractivity (Wildman–Crippen MR) is 152 cm³/mol. The molecule has 9 nitrogen and oxygen atoms in total. The lowest BCUT2D eigenvalue weighted by Gasteiger charge is -2.38. The summed E-state index contributed by atoms with van der Waals surface area (Å²) >= 11 is 4.81. The van der Waals surface area contributed by atoms with E-state index in [1.807, 2.05) is 36.1 Å². The largest absolute Gasteiger partial charge is 0.479 e. The normalized spacial score (nSPS) is 20.4. The van der Waals surface area contributed by atoms with Gasteiger partial charge in [0.2, 0.25) is 0 Å². The van der Waals surface area contributed by atoms with Crippen molar-refractivity contribution in [1.82, 2.24) is 4.90 Å². The molecule has 2 atom stereocenters. The van der Waals surface area contributed by atoms with E-state index in [0.29, 0.717) is 11.1 Å². The number of hydrogen-bond donors (Lipinski definition) is 1. The van der Waals surface area contributed by atoms with Crippen LogP contribution in [0.15, 0.2) is 28.7 Å². The highest BCUT2D eigenvalue weighted by molar-refractivity contribution is 9.10. The van der Waals surface area contributed by atoms with Gasteiger partial charge in [-0.1, -0.05) is 12.1 Å². The second kappa shape index (κ2) is 12.2. The number of thiophene rings is 1. The summed E-state index contributed by atoms with van der Waals surface area (Å²) in [5.41, 5.74) is 1.17. The molecule has 1 N–H and O–H groups in total. The second-order valence-electron chi connectivity index (χ2n) is 10.7. The molecule has 0 spiro atoms. The minimum Gasteiger partial charge on any atom is -0.479 e. The van der Waals surface area contributed by atoms with Crippen molar-refractivity contribution in [2.45, 2.75) is 77.1 Å². The number of nitrogens with one attached hydrogen (secondary N) is 1. The fourth-order valence-corrected chi connectivity index (χ4v) is 7.18. The Labute approximate surface area is 241 Å². The van der Waals surface area contributed by atoms with Gasteiger partial charge in [-0.15, -0.1) is 11.3 Å². The van der Waals surface area contributed by atoms with Crippen LogP contribution in [0.2, 0.25) is 0 Å². The zero-order chi connectivity index (χ0) is 28.3. The van der Waals surface area contributed by atoms with Gasteiger partial charge in [0.05, 0.1) is 23.1 Å². The second-order valence-corrected chi connectivity index (χ2v) is 12.5. The Morgan fingerprint density at radius 1 is 1.15 bits per heavy atom. The maximum Gasteiger partial charge on any atom is 0.410 e. The van der Waals surface area contributed by atoms with Gasteiger partial charge in [0.15, 0.2) is 17.2 Å². The lowest BCUT2D eigenvalue weighted by atomic mass is 9.97. The summed E-state index contributed by atoms with van der Waals surface area (Å²) in [6.45, 7) is 7.20. The van der Waals surface area contributed by atoms with Gasteiger partial charge in [-0.05, 0) is 87.0 Å². The molecule has 0 aliphatic carbocycles. The van der Waals surface area contributed by atoms with Crippen molar-refractivity contribution in [2.24, 2.45) is 0 Å². The van der Waals surface area contributed by atoms with E-state index in [0.717, 1.165) is 41.8 Å². The zero-order valence-electron chi connectivity index (χ0n) is 22.9. The SMILES string of the molecule is CCOC(=O)N1C2CCC1CC(Nc1cccc(-c3sc(C(=O)OC)c(OCC(=O)OC(C)(C)C)c3Br)c1)C2. The van der Waals surface area contributed by atoms with Crippen molar-refractivity contribution in [2.75, 3.05) is 25.6 Å². The van der Waals surface area contributed by atoms with Gasteiger partial charge in [-0.2, -0.15) is 0 Å². The summed E-state index contributed by atoms with van der Waals surface area (Å²) < 4.78 is 21.9. The maximum absolute atomic E-state index is 12.5. The lowest BCUT2D eigenvalue weighted by Crippen LogP contribution is -2.49. The van der Waals surface area contributed by atoms with Crippen molar-refractivity contribution in [3.05, 3.63) is 33.6 Å². The van der Waals surface area contributed by atoms with Crippen LogP contribution in [0.25, 0.3) is 10.4 Å². The molecule has 0 radical (unpaired) electrons. The van der Waals surface area contributed by atoms with Crippen molar-refractivity contribution in [3.63, 3.8) is 0 Å². The molecule has 2 saturated heterocycles. The Hall–Kier alpha value is -2.79. The first-order valence-corrected chi connectivity index (χ1v) is 14.7. The number of carbonyl (C=O) groups is 3. The first kappa shape index (κ1) is 29.2. The first-order valence-electron chi connectivity index (χ1n) is 13.1. The van der Waals surface area contributed by atoms with Crippen molar-refractivity contribution in [3.8, 4) is 16.2 Å². The van der Waals surface area contributed by atoms with Gasteiger partial charge in [-0.3, -0.25) is 0 Å². The number of fused-ring (bicyclic) bond motifs is 2. The lowest BCUT2D eigenvalue weighted by molar-refractivity contribution is -0.157. The van der Waals surface area contributed by atoms with Gasteiger partial charge >= 0.3 is 18.0 Å². The zero-order valence-corrected chi connectivity index (χ0v) is 25.3. The molecule has 2 aliphatic rings. The Kier molecular flexibility index (Phi) is 9.10. The fraction of sp³-hybridized carbons (Fsp3) is 0.536. The third kappa shape index (κ3) is 6.87. The Morgan fingerprint density at radius 2 is 1.85 bits per heavy atom. The third-order valence-electron chi connectivity index (χ3n) is 6.64. The van der Waals surface area contributed by atoms with Crippen LogP contribution in [0.5, 0.6) is 5.75 Å². The fourth-order valence-electron chi connectivity index (χ4n) is 5.22. The third-order valence-corrected chi connectivity index (χ3v) is 8.86. The molecule has 212 valence electrons. The van der Waals surface area contributed by atoms with Crippen LogP contribution < -0.4 is 10.1 Å². The van der Waals surface area contributed by atoms with Crippen molar-refractivity contribution < 1.29 is 33.3 Å². The van der Waals surface area contributed by atoms with E-state index in [1.165, 1.54) is 18.4 Å². The Balaban J connectivity index is 1.51. The number of esters is 2. The van der Waals surface area contributed by atoms with Crippen LogP contribution in [-0.4, -0.2) is 67.0 Å². The summed E-state index contributed by atoms with van der Waals surface area (Å²) in [4.78, 5) is 40.1. The smallest absolute Gasteiger partial charge is 0.410 e. The molecule has 39 heavy (non-hydrogen) atoms. The number of rotatable bonds is 8. The number of hydrogen-bond acceptors (Lipinski definition) is 9. The average molecular weight is 624 g/mol. The van der Waals surface area contributed by atoms with Crippen molar-refractivity contribution >= 4 is 51.0 Å². The summed E-state index contributed by atoms with van der Waals surface area (Å²) in [6, 6.07) is 8.53. The maximum atomic E-state index is 12.5. The molecule has 11 heteroatoms. The molecule has 3 heterocycles. The van der Waals surface area contributed by atoms with Crippen LogP contribution in [0.3, 0.4) is 0 Å². The van der Waals surface area contributed by atoms with Crippen LogP contribution in [0, 0.1) is 0 Å². The Morgan fingerprint density at radius 3 is 2.46 bits per heavy atom. The molecule has 2 aliphatic heterocycles. The molecule has 2 bridgehead atoms. The van der Waals surface area contributed by atoms with Gasteiger partial charge in [-0.25, -0.2) is 14.4 Å². The van der Waals surface area contributed by atoms with E-state index in [4.69, 9.17) is 18.9 Å². The topological polar surface area (TPSA) is 103 Å². The number of benzene rings is 1. The molecule has 2 unspecified atom stereocenters. The minimum atomic E-state index is -0.648. The molecular weight excluding hydrogens is 588 g/mol. The highest BCUT2D eigenvalue weighted by Gasteiger charge is 2.44. The minimum absolute atomic E-state index is 0.183. The summed E-state index contributed by atoms with van der Waals surface area (Å²) in [5.74, 6) is -0.842. The number of anilines is 1. The molecule has 1 amide bonds. The number of ether oxygens (including phenoxy) is 4. The highest BCUT2D eigenvalue weighted by Crippen LogP contribution is 2.46. The van der Waals surface area contributed by atoms with Crippen LogP contribution in [0.4, 0.5) is 10.5 Å². The summed E-state index contributed by atoms with van der Waals surface area (Å²) in [7, 11) is 1.30. The highest BCUT2D eigenvalue weighted by atomic mass is 79.9. The molecule has 1 aromatic heterocycles. The monoisotopic (exact) mass is 622 g/mol. The van der Waals surface area contributed by atoms with E-state index < -0.39 is 17.5 Å². The molecular formula is C28H35BrN2O7S. The quantitative estimate of drug-likeness (QED) is 0.272. The van der Waals surface area contributed by atoms with E-state index in [2.05, 4.69) is 21.2 Å². The average Bonchev–Trinajstić information content (AvgIpc) is 3.34. The van der Waals surface area contributed by atoms with Crippen LogP contribution in [0.1, 0.15) is 63.0 Å². The van der Waals surface area contributed by atoms with Gasteiger partial charge in [0.1, 0.15) is 5.60 Å². The molecule has 1 aromatic carbocycles. The molecule has 0 saturated carbocycles. The number of carbonyl (C=O) groups excluding carboxylic acids is 3. The van der Waals surface area contributed by atoms with E-state index in [1.54, 1.807) is 20.8 Å². The van der Waals surface area contributed by atoms with Crippen LogP contribution >= 0.6 is 27.3 Å². The first-order chi connectivity index (χ1) is 18.5. The van der Waals surface area contributed by atoms with Gasteiger partial charge < -0.3 is 29.2 Å². The van der Waals surface area contributed by atoms with Gasteiger partial charge in [0, 0.05) is 23.8 Å². The number of nitrogens with zero attached hydrogens (tertiary/aromatic N) is 1. The van der Waals surface area contributed by atoms with E-state index in [9.17, 15) is 14.4 Å². The standard InChI is InChI=1S/C28H35BrN2O7S/c1-6-36-27(34)31-19-10-11-20(31)14-18(13-19)30-17-9-7-8-16(12-17)24-22(29)23(25(39-24)26(33)35-5)37-15-21(32)38-28(2,3)4/h7-9,12,18-20,30H,6,10-11,13-15H2,1-5H3. The van der Waals surface area contributed by atoms with Crippen LogP contribution in [-0.2, 0) is 19.0 Å². The number of methoxy groups -OCH3 is 1. The van der Waals surface area contributed by atoms with Crippen molar-refractivity contribution in [1.29, 1.82) is 0 Å². The number of amides is 1. The molecule has 2 aromatic rings. The van der Waals surface area contributed by atoms with E-state index in [-0.39, 0.29) is 41.5 Å². The number of piperidine rings is 1. The summed E-state index contributed by atoms with van der Waals surface area (Å²) in [6.07, 6.45) is 3.49. The predicted octanol–water partition coefficient (Wildman–Crippen LogP) is 6.25. The Bertz CT molecular complexity index is 1210. The van der Waals surface area contributed by atoms with Gasteiger partial charge in [0.25, 0.3) is 0 Å². The molecule has 2 fully saturated rings. The van der Waals surface area contributed by atoms with E-state index >= 15 is 0 Å². The number of halogens is 1. The summed E-state index contributed by atoms with van der Waals surface area (Å²) in [5, 5.41) is 3.65. The molecule has 4 rings (SSSR count).